The molecule has 5 heteroatoms. The Kier molecular flexibility index (Phi) is 3.73. The number of hydrogen-bond donors (Lipinski definition) is 2. The predicted molar refractivity (Wildman–Crippen MR) is 30.8 cm³/mol. The summed E-state index contributed by atoms with van der Waals surface area (Å²) in [5, 5.41) is 6.52. The van der Waals surface area contributed by atoms with Crippen molar-refractivity contribution in [2.75, 3.05) is 0 Å². The van der Waals surface area contributed by atoms with Crippen molar-refractivity contribution in [3.8, 4) is 0 Å². The number of thiol groups is 1. The van der Waals surface area contributed by atoms with Crippen LogP contribution >= 0.6 is 12.6 Å². The van der Waals surface area contributed by atoms with E-state index < -0.39 is 0 Å². The average molecular weight is 125 g/mol. The fourth-order valence-electron chi connectivity index (χ4n) is 0.202. The molecule has 0 saturated carbocycles. The van der Waals surface area contributed by atoms with Gasteiger partial charge in [0.2, 0.25) is 5.16 Å². The molecular formula is C2H4N3NaS. The first-order valence-electron chi connectivity index (χ1n) is 1.44. The number of aromatic nitrogens is 3. The molecule has 0 unspecified atom stereocenters. The molecule has 0 bridgehead atoms. The normalized spacial score (nSPS) is 7.57. The van der Waals surface area contributed by atoms with Gasteiger partial charge in [-0.2, -0.15) is 0 Å². The summed E-state index contributed by atoms with van der Waals surface area (Å²) < 4.78 is 0. The van der Waals surface area contributed by atoms with Crippen LogP contribution in [0, 0.1) is 0 Å². The van der Waals surface area contributed by atoms with Gasteiger partial charge in [0.15, 0.2) is 0 Å². The number of H-pyrrole nitrogens is 1. The predicted octanol–water partition coefficient (Wildman–Crippen LogP) is -0.555. The van der Waals surface area contributed by atoms with E-state index in [-0.39, 0.29) is 29.6 Å². The molecular weight excluding hydrogens is 121 g/mol. The summed E-state index contributed by atoms with van der Waals surface area (Å²) in [6.07, 6.45) is 1.47. The van der Waals surface area contributed by atoms with E-state index in [1.54, 1.807) is 0 Å². The summed E-state index contributed by atoms with van der Waals surface area (Å²) in [5.74, 6) is 0. The Morgan fingerprint density at radius 2 is 2.43 bits per heavy atom. The van der Waals surface area contributed by atoms with Gasteiger partial charge in [0.25, 0.3) is 0 Å². The molecule has 3 nitrogen and oxygen atoms in total. The first-order valence-corrected chi connectivity index (χ1v) is 1.89. The average Bonchev–Trinajstić information content (AvgIpc) is 1.86. The van der Waals surface area contributed by atoms with Gasteiger partial charge in [-0.25, -0.2) is 4.98 Å². The van der Waals surface area contributed by atoms with Crippen molar-refractivity contribution in [3.63, 3.8) is 0 Å². The van der Waals surface area contributed by atoms with Gasteiger partial charge < -0.3 is 0 Å². The van der Waals surface area contributed by atoms with E-state index in [0.29, 0.717) is 5.16 Å². The summed E-state index contributed by atoms with van der Waals surface area (Å²) in [6, 6.07) is 0. The standard InChI is InChI=1S/C2H3N3S.Na.H/c6-2-3-1-4-5-2;;/h1H,(H2,3,4,5,6);;. The van der Waals surface area contributed by atoms with Crippen LogP contribution in [-0.2, 0) is 0 Å². The molecule has 0 amide bonds. The molecule has 0 spiro atoms. The molecule has 0 aromatic carbocycles. The first kappa shape index (κ1) is 7.49. The molecule has 0 aliphatic carbocycles. The van der Waals surface area contributed by atoms with Gasteiger partial charge in [0.05, 0.1) is 0 Å². The summed E-state index contributed by atoms with van der Waals surface area (Å²) in [5.41, 5.74) is 0. The van der Waals surface area contributed by atoms with Crippen molar-refractivity contribution in [1.82, 2.24) is 15.2 Å². The van der Waals surface area contributed by atoms with E-state index in [4.69, 9.17) is 0 Å². The maximum absolute atomic E-state index is 3.78. The third kappa shape index (κ3) is 2.33. The van der Waals surface area contributed by atoms with Crippen molar-refractivity contribution in [2.45, 2.75) is 5.16 Å². The molecule has 1 N–H and O–H groups in total. The van der Waals surface area contributed by atoms with Crippen molar-refractivity contribution in [1.29, 1.82) is 0 Å². The van der Waals surface area contributed by atoms with Crippen LogP contribution in [0.4, 0.5) is 0 Å². The molecule has 0 radical (unpaired) electrons. The van der Waals surface area contributed by atoms with Gasteiger partial charge in [-0.1, -0.05) is 0 Å². The summed E-state index contributed by atoms with van der Waals surface area (Å²) in [6.45, 7) is 0. The zero-order chi connectivity index (χ0) is 4.41. The Balaban J connectivity index is 0.000000360. The number of nitrogens with zero attached hydrogens (tertiary/aromatic N) is 2. The fourth-order valence-corrected chi connectivity index (χ4v) is 0.318. The van der Waals surface area contributed by atoms with Crippen LogP contribution in [0.25, 0.3) is 0 Å². The SMILES string of the molecule is Sc1nc[nH]n1.[NaH]. The fraction of sp³-hybridized carbons (Fsp3) is 0. The van der Waals surface area contributed by atoms with Crippen LogP contribution in [0.2, 0.25) is 0 Å². The molecule has 0 aliphatic heterocycles. The van der Waals surface area contributed by atoms with Crippen LogP contribution in [0.1, 0.15) is 0 Å². The van der Waals surface area contributed by atoms with E-state index in [1.165, 1.54) is 6.33 Å². The second-order valence-electron chi connectivity index (χ2n) is 0.799. The Bertz CT molecular complexity index is 116. The minimum absolute atomic E-state index is 0. The van der Waals surface area contributed by atoms with E-state index in [9.17, 15) is 0 Å². The molecule has 34 valence electrons. The van der Waals surface area contributed by atoms with Crippen molar-refractivity contribution < 1.29 is 0 Å². The van der Waals surface area contributed by atoms with Crippen molar-refractivity contribution in [3.05, 3.63) is 6.33 Å². The molecule has 7 heavy (non-hydrogen) atoms. The Morgan fingerprint density at radius 1 is 1.71 bits per heavy atom. The third-order valence-corrected chi connectivity index (χ3v) is 0.618. The topological polar surface area (TPSA) is 41.6 Å². The first-order chi connectivity index (χ1) is 2.89. The van der Waals surface area contributed by atoms with Gasteiger partial charge in [0, 0.05) is 0 Å². The second kappa shape index (κ2) is 3.49. The Hall–Kier alpha value is 0.490. The number of rotatable bonds is 0. The molecule has 1 rings (SSSR count). The quantitative estimate of drug-likeness (QED) is 0.360. The third-order valence-electron chi connectivity index (χ3n) is 0.402. The van der Waals surface area contributed by atoms with Crippen LogP contribution < -0.4 is 0 Å². The van der Waals surface area contributed by atoms with Crippen LogP contribution in [-0.4, -0.2) is 44.7 Å². The summed E-state index contributed by atoms with van der Waals surface area (Å²) in [4.78, 5) is 3.61. The van der Waals surface area contributed by atoms with Gasteiger partial charge >= 0.3 is 29.6 Å². The Morgan fingerprint density at radius 3 is 2.57 bits per heavy atom. The molecule has 1 heterocycles. The molecule has 0 fully saturated rings. The number of hydrogen-bond acceptors (Lipinski definition) is 3. The molecule has 0 saturated heterocycles. The monoisotopic (exact) mass is 125 g/mol. The molecule has 1 aromatic heterocycles. The maximum atomic E-state index is 3.78. The van der Waals surface area contributed by atoms with Gasteiger partial charge in [0.1, 0.15) is 6.33 Å². The van der Waals surface area contributed by atoms with Crippen molar-refractivity contribution >= 4 is 42.2 Å². The van der Waals surface area contributed by atoms with E-state index in [1.807, 2.05) is 0 Å². The molecule has 0 aliphatic rings. The summed E-state index contributed by atoms with van der Waals surface area (Å²) >= 11 is 3.78. The van der Waals surface area contributed by atoms with Crippen molar-refractivity contribution in [2.24, 2.45) is 0 Å². The van der Waals surface area contributed by atoms with Crippen LogP contribution in [0.5, 0.6) is 0 Å². The molecule has 1 aromatic rings. The van der Waals surface area contributed by atoms with E-state index >= 15 is 0 Å². The van der Waals surface area contributed by atoms with Crippen LogP contribution in [0.15, 0.2) is 11.5 Å². The Labute approximate surface area is 68.6 Å². The van der Waals surface area contributed by atoms with E-state index in [2.05, 4.69) is 27.8 Å². The van der Waals surface area contributed by atoms with Gasteiger partial charge in [-0.3, -0.25) is 5.10 Å². The van der Waals surface area contributed by atoms with E-state index in [0.717, 1.165) is 0 Å². The molecule has 0 atom stereocenters. The van der Waals surface area contributed by atoms with Crippen LogP contribution in [0.3, 0.4) is 0 Å². The number of aromatic amines is 1. The zero-order valence-corrected chi connectivity index (χ0v) is 3.81. The van der Waals surface area contributed by atoms with Gasteiger partial charge in [-0.15, -0.1) is 17.7 Å². The zero-order valence-electron chi connectivity index (χ0n) is 2.92. The van der Waals surface area contributed by atoms with Gasteiger partial charge in [-0.05, 0) is 0 Å². The number of nitrogens with one attached hydrogen (secondary N) is 1. The second-order valence-corrected chi connectivity index (χ2v) is 1.20. The summed E-state index contributed by atoms with van der Waals surface area (Å²) in [7, 11) is 0. The minimum atomic E-state index is 0.